The monoisotopic (exact) mass is 888 g/mol. The molecule has 0 bridgehead atoms. The topological polar surface area (TPSA) is 32.8 Å². The van der Waals surface area contributed by atoms with Gasteiger partial charge in [-0.2, -0.15) is 0 Å². The number of fused-ring (bicyclic) bond motifs is 2. The highest BCUT2D eigenvalue weighted by Gasteiger charge is 2.30. The molecule has 0 saturated heterocycles. The molecule has 9 rings (SSSR count). The Balaban J connectivity index is 1.35. The lowest BCUT2D eigenvalue weighted by molar-refractivity contribution is 0.589. The van der Waals surface area contributed by atoms with Crippen LogP contribution in [0.4, 0.5) is 34.1 Å². The van der Waals surface area contributed by atoms with Crippen molar-refractivity contribution in [3.8, 4) is 22.5 Å². The van der Waals surface area contributed by atoms with Crippen LogP contribution in [-0.4, -0.2) is 0 Å². The molecule has 0 amide bonds. The van der Waals surface area contributed by atoms with E-state index in [-0.39, 0.29) is 16.2 Å². The fraction of sp³-hybridized carbons (Fsp3) is 0.246. The number of anilines is 6. The molecule has 0 spiro atoms. The summed E-state index contributed by atoms with van der Waals surface area (Å²) >= 11 is 8.18. The fourth-order valence-electron chi connectivity index (χ4n) is 9.20. The number of halogens is 1. The van der Waals surface area contributed by atoms with Gasteiger partial charge < -0.3 is 18.6 Å². The Hall–Kier alpha value is -6.49. The van der Waals surface area contributed by atoms with E-state index in [2.05, 4.69) is 220 Å². The van der Waals surface area contributed by atoms with E-state index >= 15 is 0 Å². The second kappa shape index (κ2) is 16.7. The smallest absolute Gasteiger partial charge is 0.136 e. The molecule has 0 fully saturated rings. The Morgan fingerprint density at radius 2 is 1.08 bits per heavy atom. The second-order valence-electron chi connectivity index (χ2n) is 21.1. The van der Waals surface area contributed by atoms with Gasteiger partial charge in [-0.15, -0.1) is 0 Å². The number of para-hydroxylation sites is 1. The summed E-state index contributed by atoms with van der Waals surface area (Å²) in [6.45, 7) is 27.0. The van der Waals surface area contributed by atoms with Gasteiger partial charge in [0.2, 0.25) is 0 Å². The predicted molar refractivity (Wildman–Crippen MR) is 282 cm³/mol. The molecule has 0 N–H and O–H groups in total. The van der Waals surface area contributed by atoms with Gasteiger partial charge in [-0.25, -0.2) is 0 Å². The van der Waals surface area contributed by atoms with Gasteiger partial charge in [-0.05, 0) is 137 Å². The summed E-state index contributed by atoms with van der Waals surface area (Å²) in [5, 5.41) is 2.70. The molecular formula is C61H61ClN2O2. The van der Waals surface area contributed by atoms with Crippen LogP contribution in [0.15, 0.2) is 161 Å². The van der Waals surface area contributed by atoms with E-state index in [1.807, 2.05) is 24.5 Å². The molecule has 0 aliphatic rings. The standard InChI is InChI=1S/C61H61ClN2O2/c1-38-29-51(57(62)52(30-38)64(58-39(2)31-46(32-40(58)3)61(10,11)12)53-37-65-55-28-26-45(36-49(53)55)60(7,8)9)63(47-23-18-22-42(33-47)56-34-43-21-16-17-24-54(43)66-56)50-27-25-44(59(4,5)6)35-48(50)41-19-14-13-15-20-41/h13-37H,1-12H3. The summed E-state index contributed by atoms with van der Waals surface area (Å²) in [5.74, 6) is 0.803. The Kier molecular flexibility index (Phi) is 11.3. The average molecular weight is 890 g/mol. The highest BCUT2D eigenvalue weighted by Crippen LogP contribution is 2.53. The lowest BCUT2D eigenvalue weighted by Crippen LogP contribution is -2.18. The summed E-state index contributed by atoms with van der Waals surface area (Å²) in [4.78, 5) is 4.68. The van der Waals surface area contributed by atoms with E-state index in [1.165, 1.54) is 16.7 Å². The minimum atomic E-state index is -0.0821. The van der Waals surface area contributed by atoms with Crippen molar-refractivity contribution in [2.24, 2.45) is 0 Å². The maximum Gasteiger partial charge on any atom is 0.136 e. The molecule has 0 atom stereocenters. The van der Waals surface area contributed by atoms with Crippen LogP contribution in [-0.2, 0) is 16.2 Å². The fourth-order valence-corrected chi connectivity index (χ4v) is 9.48. The molecule has 0 unspecified atom stereocenters. The van der Waals surface area contributed by atoms with Crippen LogP contribution < -0.4 is 9.80 Å². The Labute approximate surface area is 396 Å². The predicted octanol–water partition coefficient (Wildman–Crippen LogP) is 18.9. The normalized spacial score (nSPS) is 12.3. The first-order valence-corrected chi connectivity index (χ1v) is 23.5. The van der Waals surface area contributed by atoms with E-state index in [4.69, 9.17) is 20.4 Å². The van der Waals surface area contributed by atoms with E-state index in [1.54, 1.807) is 0 Å². The minimum absolute atomic E-state index is 0.0343. The number of hydrogen-bond donors (Lipinski definition) is 0. The van der Waals surface area contributed by atoms with Crippen molar-refractivity contribution in [2.75, 3.05) is 9.80 Å². The van der Waals surface area contributed by atoms with E-state index < -0.39 is 0 Å². The van der Waals surface area contributed by atoms with Crippen molar-refractivity contribution < 1.29 is 8.83 Å². The van der Waals surface area contributed by atoms with E-state index in [9.17, 15) is 0 Å². The van der Waals surface area contributed by atoms with Crippen molar-refractivity contribution in [1.82, 2.24) is 0 Å². The van der Waals surface area contributed by atoms with Crippen LogP contribution in [0.5, 0.6) is 0 Å². The quantitative estimate of drug-likeness (QED) is 0.152. The van der Waals surface area contributed by atoms with Crippen LogP contribution in [0, 0.1) is 20.8 Å². The van der Waals surface area contributed by atoms with Crippen LogP contribution in [0.3, 0.4) is 0 Å². The van der Waals surface area contributed by atoms with Gasteiger partial charge in [-0.3, -0.25) is 0 Å². The number of nitrogens with zero attached hydrogens (tertiary/aromatic N) is 2. The zero-order chi connectivity index (χ0) is 46.9. The molecule has 0 aliphatic carbocycles. The summed E-state index contributed by atoms with van der Waals surface area (Å²) in [5.41, 5.74) is 17.5. The number of hydrogen-bond acceptors (Lipinski definition) is 4. The Morgan fingerprint density at radius 3 is 1.74 bits per heavy atom. The van der Waals surface area contributed by atoms with Gasteiger partial charge in [0.05, 0.1) is 33.5 Å². The summed E-state index contributed by atoms with van der Waals surface area (Å²) in [6, 6.07) is 52.2. The van der Waals surface area contributed by atoms with Crippen molar-refractivity contribution in [2.45, 2.75) is 99.3 Å². The van der Waals surface area contributed by atoms with Crippen molar-refractivity contribution >= 4 is 67.7 Å². The van der Waals surface area contributed by atoms with E-state index in [0.717, 1.165) is 95.2 Å². The lowest BCUT2D eigenvalue weighted by atomic mass is 9.84. The molecule has 334 valence electrons. The molecule has 0 saturated carbocycles. The Morgan fingerprint density at radius 1 is 0.470 bits per heavy atom. The maximum absolute atomic E-state index is 8.18. The van der Waals surface area contributed by atoms with Crippen LogP contribution >= 0.6 is 11.6 Å². The van der Waals surface area contributed by atoms with Gasteiger partial charge >= 0.3 is 0 Å². The van der Waals surface area contributed by atoms with Gasteiger partial charge in [0.25, 0.3) is 0 Å². The molecule has 5 heteroatoms. The van der Waals surface area contributed by atoms with Crippen molar-refractivity contribution in [1.29, 1.82) is 0 Å². The number of aryl methyl sites for hydroxylation is 3. The molecular weight excluding hydrogens is 828 g/mol. The van der Waals surface area contributed by atoms with Gasteiger partial charge in [0.15, 0.2) is 0 Å². The minimum Gasteiger partial charge on any atom is -0.462 e. The highest BCUT2D eigenvalue weighted by atomic mass is 35.5. The summed E-state index contributed by atoms with van der Waals surface area (Å²) < 4.78 is 12.9. The molecule has 0 aliphatic heterocycles. The molecule has 9 aromatic rings. The van der Waals surface area contributed by atoms with E-state index in [0.29, 0.717) is 5.02 Å². The first-order valence-electron chi connectivity index (χ1n) is 23.1. The number of rotatable bonds is 8. The maximum atomic E-state index is 8.18. The molecule has 4 nitrogen and oxygen atoms in total. The van der Waals surface area contributed by atoms with Crippen molar-refractivity contribution in [3.63, 3.8) is 0 Å². The van der Waals surface area contributed by atoms with Crippen LogP contribution in [0.2, 0.25) is 5.02 Å². The molecule has 7 aromatic carbocycles. The molecule has 0 radical (unpaired) electrons. The van der Waals surface area contributed by atoms with Crippen molar-refractivity contribution in [3.05, 3.63) is 190 Å². The van der Waals surface area contributed by atoms with Gasteiger partial charge in [0, 0.05) is 27.6 Å². The first-order chi connectivity index (χ1) is 31.3. The third kappa shape index (κ3) is 8.44. The third-order valence-electron chi connectivity index (χ3n) is 12.9. The Bertz CT molecular complexity index is 3200. The summed E-state index contributed by atoms with van der Waals surface area (Å²) in [7, 11) is 0. The largest absolute Gasteiger partial charge is 0.462 e. The zero-order valence-electron chi connectivity index (χ0n) is 40.5. The van der Waals surface area contributed by atoms with Crippen LogP contribution in [0.25, 0.3) is 44.4 Å². The number of furan rings is 2. The van der Waals surface area contributed by atoms with Gasteiger partial charge in [-0.1, -0.05) is 159 Å². The first kappa shape index (κ1) is 44.7. The number of benzene rings is 7. The average Bonchev–Trinajstić information content (AvgIpc) is 3.90. The molecule has 2 heterocycles. The van der Waals surface area contributed by atoms with Crippen LogP contribution in [0.1, 0.15) is 95.7 Å². The second-order valence-corrected chi connectivity index (χ2v) is 21.5. The molecule has 2 aromatic heterocycles. The summed E-state index contributed by atoms with van der Waals surface area (Å²) in [6.07, 6.45) is 1.90. The molecule has 66 heavy (non-hydrogen) atoms. The zero-order valence-corrected chi connectivity index (χ0v) is 41.3. The highest BCUT2D eigenvalue weighted by molar-refractivity contribution is 6.37. The third-order valence-corrected chi connectivity index (χ3v) is 13.3. The van der Waals surface area contributed by atoms with Gasteiger partial charge in [0.1, 0.15) is 23.2 Å². The lowest BCUT2D eigenvalue weighted by Gasteiger charge is -2.34. The SMILES string of the molecule is Cc1cc(N(c2cccc(-c3cc4ccccc4o3)c2)c2ccc(C(C)(C)C)cc2-c2ccccc2)c(Cl)c(N(c2c(C)cc(C(C)(C)C)cc2C)c2coc3ccc(C(C)(C)C)cc23)c1.